The number of rotatable bonds is 5. The summed E-state index contributed by atoms with van der Waals surface area (Å²) >= 11 is 1.65. The Morgan fingerprint density at radius 3 is 2.97 bits per heavy atom. The third-order valence-corrected chi connectivity index (χ3v) is 7.14. The maximum atomic E-state index is 4.99. The third-order valence-electron chi connectivity index (χ3n) is 6.46. The number of hydrogen-bond acceptors (Lipinski definition) is 8. The molecule has 0 radical (unpaired) electrons. The second kappa shape index (κ2) is 7.81. The molecule has 2 atom stereocenters. The van der Waals surface area contributed by atoms with Crippen molar-refractivity contribution >= 4 is 45.8 Å². The summed E-state index contributed by atoms with van der Waals surface area (Å²) in [6.45, 7) is 1.40. The maximum absolute atomic E-state index is 4.99. The summed E-state index contributed by atoms with van der Waals surface area (Å²) in [5, 5.41) is 11.1. The van der Waals surface area contributed by atoms with Crippen molar-refractivity contribution < 1.29 is 0 Å². The Bertz CT molecular complexity index is 1470. The molecule has 3 aliphatic rings. The van der Waals surface area contributed by atoms with Gasteiger partial charge in [0, 0.05) is 17.6 Å². The molecule has 9 heteroatoms. The van der Waals surface area contributed by atoms with Crippen LogP contribution in [0.1, 0.15) is 5.56 Å². The maximum Gasteiger partial charge on any atom is 0.234 e. The molecular weight excluding hydrogens is 444 g/mol. The minimum absolute atomic E-state index is 0.154. The van der Waals surface area contributed by atoms with Crippen LogP contribution in [0, 0.1) is 0 Å². The standard InChI is InChI=1S/C25H22N8S/c1-4-8-20-16(5-1)9-11-32(20)25-30-23(26-13-21-28-18-6-2-3-7-19(18)29-21)22-24(31-25)33(15-27-22)17-10-12-34-14-17/h1-8,10,12,14-15,18-19H,9,11,13H2,(H,28,29)(H,26,30,31). The van der Waals surface area contributed by atoms with E-state index in [0.29, 0.717) is 18.3 Å². The molecule has 0 bridgehead atoms. The fourth-order valence-corrected chi connectivity index (χ4v) is 5.42. The van der Waals surface area contributed by atoms with Crippen LogP contribution in [0.3, 0.4) is 0 Å². The molecule has 0 fully saturated rings. The number of allylic oxidation sites excluding steroid dienone is 2. The van der Waals surface area contributed by atoms with E-state index >= 15 is 0 Å². The summed E-state index contributed by atoms with van der Waals surface area (Å²) in [6.07, 6.45) is 11.2. The molecule has 2 unspecified atom stereocenters. The molecule has 2 N–H and O–H groups in total. The SMILES string of the molecule is C1=CC2N=C(CNc3nc(N4CCc5ccccc54)nc4c3ncn4-c3ccsc3)NC2C=C1. The molecule has 4 aromatic rings. The van der Waals surface area contributed by atoms with Crippen molar-refractivity contribution in [1.29, 1.82) is 0 Å². The lowest BCUT2D eigenvalue weighted by atomic mass is 10.1. The molecule has 3 aromatic heterocycles. The van der Waals surface area contributed by atoms with E-state index in [1.54, 1.807) is 11.3 Å². The molecule has 1 aliphatic carbocycles. The van der Waals surface area contributed by atoms with Gasteiger partial charge in [-0.05, 0) is 29.5 Å². The van der Waals surface area contributed by atoms with Gasteiger partial charge >= 0.3 is 0 Å². The summed E-state index contributed by atoms with van der Waals surface area (Å²) in [7, 11) is 0. The van der Waals surface area contributed by atoms with Crippen molar-refractivity contribution in [2.24, 2.45) is 4.99 Å². The molecule has 8 nitrogen and oxygen atoms in total. The lowest BCUT2D eigenvalue weighted by molar-refractivity contribution is 0.694. The van der Waals surface area contributed by atoms with Gasteiger partial charge in [0.05, 0.1) is 24.3 Å². The molecule has 1 aromatic carbocycles. The highest BCUT2D eigenvalue weighted by atomic mass is 32.1. The first-order valence-corrected chi connectivity index (χ1v) is 12.3. The number of aliphatic imine (C=N–C) groups is 1. The summed E-state index contributed by atoms with van der Waals surface area (Å²) in [5.74, 6) is 2.31. The van der Waals surface area contributed by atoms with E-state index in [9.17, 15) is 0 Å². The highest BCUT2D eigenvalue weighted by Gasteiger charge is 2.27. The first-order valence-electron chi connectivity index (χ1n) is 11.4. The Morgan fingerprint density at radius 2 is 2.06 bits per heavy atom. The van der Waals surface area contributed by atoms with Crippen molar-refractivity contribution in [3.8, 4) is 5.69 Å². The van der Waals surface area contributed by atoms with E-state index < -0.39 is 0 Å². The zero-order valence-corrected chi connectivity index (χ0v) is 19.1. The Morgan fingerprint density at radius 1 is 1.12 bits per heavy atom. The normalized spacial score (nSPS) is 20.4. The van der Waals surface area contributed by atoms with Gasteiger partial charge in [-0.15, -0.1) is 0 Å². The Labute approximate surface area is 200 Å². The zero-order valence-electron chi connectivity index (χ0n) is 18.3. The molecule has 34 heavy (non-hydrogen) atoms. The molecular formula is C25H22N8S. The number of nitrogens with zero attached hydrogens (tertiary/aromatic N) is 6. The first-order chi connectivity index (χ1) is 16.8. The molecule has 2 aliphatic heterocycles. The Balaban J connectivity index is 1.28. The van der Waals surface area contributed by atoms with E-state index in [4.69, 9.17) is 15.0 Å². The number of benzene rings is 1. The molecule has 5 heterocycles. The highest BCUT2D eigenvalue weighted by molar-refractivity contribution is 7.08. The smallest absolute Gasteiger partial charge is 0.234 e. The number of fused-ring (bicyclic) bond motifs is 3. The van der Waals surface area contributed by atoms with E-state index in [-0.39, 0.29) is 12.1 Å². The van der Waals surface area contributed by atoms with Crippen LogP contribution in [0.2, 0.25) is 0 Å². The van der Waals surface area contributed by atoms with Gasteiger partial charge in [-0.1, -0.05) is 42.5 Å². The number of thiophene rings is 1. The van der Waals surface area contributed by atoms with Crippen LogP contribution in [0.25, 0.3) is 16.9 Å². The molecule has 0 amide bonds. The molecule has 0 saturated carbocycles. The molecule has 0 spiro atoms. The monoisotopic (exact) mass is 466 g/mol. The van der Waals surface area contributed by atoms with Gasteiger partial charge in [0.25, 0.3) is 0 Å². The van der Waals surface area contributed by atoms with Gasteiger partial charge < -0.3 is 15.5 Å². The van der Waals surface area contributed by atoms with Crippen LogP contribution in [0.4, 0.5) is 17.5 Å². The van der Waals surface area contributed by atoms with Gasteiger partial charge in [-0.3, -0.25) is 9.56 Å². The van der Waals surface area contributed by atoms with Crippen LogP contribution in [-0.4, -0.2) is 50.5 Å². The lowest BCUT2D eigenvalue weighted by Gasteiger charge is -2.19. The third kappa shape index (κ3) is 3.19. The zero-order chi connectivity index (χ0) is 22.5. The fourth-order valence-electron chi connectivity index (χ4n) is 4.79. The van der Waals surface area contributed by atoms with Crippen molar-refractivity contribution in [1.82, 2.24) is 24.8 Å². The Hall–Kier alpha value is -3.98. The first kappa shape index (κ1) is 19.5. The largest absolute Gasteiger partial charge is 0.364 e. The van der Waals surface area contributed by atoms with Gasteiger partial charge in [-0.2, -0.15) is 21.3 Å². The number of anilines is 3. The summed E-state index contributed by atoms with van der Waals surface area (Å²) in [4.78, 5) is 21.6. The Kier molecular flexibility index (Phi) is 4.47. The molecule has 0 saturated heterocycles. The van der Waals surface area contributed by atoms with Crippen LogP contribution in [-0.2, 0) is 6.42 Å². The summed E-state index contributed by atoms with van der Waals surface area (Å²) in [5.41, 5.74) is 5.07. The van der Waals surface area contributed by atoms with Gasteiger partial charge in [0.2, 0.25) is 5.95 Å². The van der Waals surface area contributed by atoms with Crippen LogP contribution in [0.5, 0.6) is 0 Å². The van der Waals surface area contributed by atoms with Crippen molar-refractivity contribution in [3.63, 3.8) is 0 Å². The molecule has 7 rings (SSSR count). The average molecular weight is 467 g/mol. The van der Waals surface area contributed by atoms with Crippen LogP contribution >= 0.6 is 11.3 Å². The number of imidazole rings is 1. The topological polar surface area (TPSA) is 83.3 Å². The van der Waals surface area contributed by atoms with Crippen LogP contribution < -0.4 is 15.5 Å². The average Bonchev–Trinajstić information content (AvgIpc) is 3.66. The van der Waals surface area contributed by atoms with Crippen molar-refractivity contribution in [2.75, 3.05) is 23.3 Å². The van der Waals surface area contributed by atoms with E-state index in [0.717, 1.165) is 35.7 Å². The number of amidine groups is 1. The van der Waals surface area contributed by atoms with Crippen LogP contribution in [0.15, 0.2) is 76.7 Å². The van der Waals surface area contributed by atoms with Gasteiger partial charge in [-0.25, -0.2) is 4.98 Å². The predicted molar refractivity (Wildman–Crippen MR) is 137 cm³/mol. The second-order valence-corrected chi connectivity index (χ2v) is 9.31. The van der Waals surface area contributed by atoms with E-state index in [1.807, 2.05) is 17.0 Å². The number of nitrogens with one attached hydrogen (secondary N) is 2. The number of para-hydroxylation sites is 1. The van der Waals surface area contributed by atoms with Gasteiger partial charge in [0.15, 0.2) is 17.0 Å². The highest BCUT2D eigenvalue weighted by Crippen LogP contribution is 2.34. The summed E-state index contributed by atoms with van der Waals surface area (Å²) < 4.78 is 2.03. The van der Waals surface area contributed by atoms with E-state index in [1.165, 1.54) is 11.3 Å². The minimum atomic E-state index is 0.154. The van der Waals surface area contributed by atoms with Crippen molar-refractivity contribution in [2.45, 2.75) is 18.5 Å². The lowest BCUT2D eigenvalue weighted by Crippen LogP contribution is -2.35. The quantitative estimate of drug-likeness (QED) is 0.465. The predicted octanol–water partition coefficient (Wildman–Crippen LogP) is 3.85. The fraction of sp³-hybridized carbons (Fsp3) is 0.200. The number of hydrogen-bond donors (Lipinski definition) is 2. The molecule has 168 valence electrons. The van der Waals surface area contributed by atoms with E-state index in [2.05, 4.69) is 79.8 Å². The van der Waals surface area contributed by atoms with Crippen molar-refractivity contribution in [3.05, 3.63) is 77.3 Å². The minimum Gasteiger partial charge on any atom is -0.364 e. The second-order valence-electron chi connectivity index (χ2n) is 8.53. The van der Waals surface area contributed by atoms with Gasteiger partial charge in [0.1, 0.15) is 12.2 Å². The number of aromatic nitrogens is 4. The summed E-state index contributed by atoms with van der Waals surface area (Å²) in [6, 6.07) is 10.9.